The second-order valence-corrected chi connectivity index (χ2v) is 2.83. The lowest BCUT2D eigenvalue weighted by atomic mass is 10.1. The smallest absolute Gasteiger partial charge is 0.141 e. The van der Waals surface area contributed by atoms with Gasteiger partial charge in [-0.1, -0.05) is 17.7 Å². The second-order valence-electron chi connectivity index (χ2n) is 2.43. The highest BCUT2D eigenvalue weighted by atomic mass is 35.5. The van der Waals surface area contributed by atoms with Crippen LogP contribution in [0.5, 0.6) is 0 Å². The minimum Gasteiger partial charge on any atom is -0.387 e. The maximum absolute atomic E-state index is 12.6. The summed E-state index contributed by atoms with van der Waals surface area (Å²) in [7, 11) is 0. The van der Waals surface area contributed by atoms with Gasteiger partial charge < -0.3 is 10.8 Å². The van der Waals surface area contributed by atoms with Crippen LogP contribution in [-0.2, 0) is 0 Å². The maximum Gasteiger partial charge on any atom is 0.141 e. The summed E-state index contributed by atoms with van der Waals surface area (Å²) in [6.45, 7) is 0.0992. The minimum absolute atomic E-state index is 0.000000000000000444. The molecule has 0 aromatic heterocycles. The first kappa shape index (κ1) is 9.45. The summed E-state index contributed by atoms with van der Waals surface area (Å²) >= 11 is 5.49. The Labute approximate surface area is 74.8 Å². The molecule has 2 nitrogen and oxygen atoms in total. The van der Waals surface area contributed by atoms with E-state index < -0.39 is 11.9 Å². The van der Waals surface area contributed by atoms with Crippen LogP contribution in [-0.4, -0.2) is 11.7 Å². The Morgan fingerprint density at radius 2 is 2.25 bits per heavy atom. The number of benzene rings is 1. The molecule has 0 saturated carbocycles. The Kier molecular flexibility index (Phi) is 3.03. The van der Waals surface area contributed by atoms with Gasteiger partial charge in [0.15, 0.2) is 0 Å². The first-order chi connectivity index (χ1) is 5.65. The zero-order chi connectivity index (χ0) is 9.14. The number of hydrogen-bond acceptors (Lipinski definition) is 2. The van der Waals surface area contributed by atoms with Gasteiger partial charge in [0.25, 0.3) is 0 Å². The van der Waals surface area contributed by atoms with Crippen molar-refractivity contribution in [1.29, 1.82) is 0 Å². The second kappa shape index (κ2) is 3.85. The van der Waals surface area contributed by atoms with Gasteiger partial charge in [-0.2, -0.15) is 0 Å². The third-order valence-electron chi connectivity index (χ3n) is 1.55. The van der Waals surface area contributed by atoms with Crippen LogP contribution in [0, 0.1) is 5.82 Å². The molecule has 1 aromatic rings. The Bertz CT molecular complexity index is 280. The predicted molar refractivity (Wildman–Crippen MR) is 45.4 cm³/mol. The molecule has 1 rings (SSSR count). The van der Waals surface area contributed by atoms with Crippen molar-refractivity contribution in [1.82, 2.24) is 0 Å². The lowest BCUT2D eigenvalue weighted by Crippen LogP contribution is -2.11. The molecule has 66 valence electrons. The van der Waals surface area contributed by atoms with Crippen LogP contribution in [0.3, 0.4) is 0 Å². The molecule has 4 heteroatoms. The van der Waals surface area contributed by atoms with Gasteiger partial charge in [-0.05, 0) is 17.7 Å². The van der Waals surface area contributed by atoms with Crippen molar-refractivity contribution in [3.63, 3.8) is 0 Å². The zero-order valence-corrected chi connectivity index (χ0v) is 7.05. The van der Waals surface area contributed by atoms with Crippen LogP contribution in [0.15, 0.2) is 18.2 Å². The number of aliphatic hydroxyl groups is 1. The molecule has 0 bridgehead atoms. The van der Waals surface area contributed by atoms with Crippen molar-refractivity contribution in [3.8, 4) is 0 Å². The van der Waals surface area contributed by atoms with Crippen molar-refractivity contribution < 1.29 is 9.50 Å². The molecule has 0 amide bonds. The summed E-state index contributed by atoms with van der Waals surface area (Å²) in [5.41, 5.74) is 5.74. The van der Waals surface area contributed by atoms with Crippen molar-refractivity contribution >= 4 is 11.6 Å². The monoisotopic (exact) mass is 189 g/mol. The van der Waals surface area contributed by atoms with Gasteiger partial charge in [-0.25, -0.2) is 4.39 Å². The molecule has 0 saturated heterocycles. The predicted octanol–water partition coefficient (Wildman–Crippen LogP) is 1.47. The molecule has 0 aliphatic heterocycles. The van der Waals surface area contributed by atoms with Crippen molar-refractivity contribution in [2.45, 2.75) is 6.10 Å². The van der Waals surface area contributed by atoms with E-state index >= 15 is 0 Å². The molecule has 0 radical (unpaired) electrons. The highest BCUT2D eigenvalue weighted by Gasteiger charge is 2.07. The summed E-state index contributed by atoms with van der Waals surface area (Å²) in [5, 5.41) is 9.24. The standard InChI is InChI=1S/C8H9ClFNO/c9-6-3-5(8(12)4-11)1-2-7(6)10/h1-3,8,12H,4,11H2/t8-/m1/s1. The molecule has 0 unspecified atom stereocenters. The third-order valence-corrected chi connectivity index (χ3v) is 1.84. The van der Waals surface area contributed by atoms with Gasteiger partial charge in [0.05, 0.1) is 11.1 Å². The Morgan fingerprint density at radius 1 is 1.58 bits per heavy atom. The average Bonchev–Trinajstić information content (AvgIpc) is 2.08. The summed E-state index contributed by atoms with van der Waals surface area (Å²) in [4.78, 5) is 0. The first-order valence-electron chi connectivity index (χ1n) is 3.48. The number of rotatable bonds is 2. The van der Waals surface area contributed by atoms with Gasteiger partial charge in [-0.15, -0.1) is 0 Å². The van der Waals surface area contributed by atoms with E-state index in [-0.39, 0.29) is 11.6 Å². The summed E-state index contributed by atoms with van der Waals surface area (Å²) in [6, 6.07) is 4.03. The molecule has 12 heavy (non-hydrogen) atoms. The summed E-state index contributed by atoms with van der Waals surface area (Å²) in [5.74, 6) is -0.496. The van der Waals surface area contributed by atoms with Crippen LogP contribution >= 0.6 is 11.6 Å². The highest BCUT2D eigenvalue weighted by molar-refractivity contribution is 6.30. The number of hydrogen-bond donors (Lipinski definition) is 2. The molecule has 1 aromatic carbocycles. The molecular weight excluding hydrogens is 181 g/mol. The third kappa shape index (κ3) is 1.94. The fourth-order valence-electron chi connectivity index (χ4n) is 0.856. The van der Waals surface area contributed by atoms with E-state index in [2.05, 4.69) is 0 Å². The van der Waals surface area contributed by atoms with Gasteiger partial charge in [0.2, 0.25) is 0 Å². The molecule has 0 heterocycles. The number of aliphatic hydroxyl groups excluding tert-OH is 1. The first-order valence-corrected chi connectivity index (χ1v) is 3.86. The van der Waals surface area contributed by atoms with Crippen LogP contribution in [0.4, 0.5) is 4.39 Å². The fraction of sp³-hybridized carbons (Fsp3) is 0.250. The fourth-order valence-corrected chi connectivity index (χ4v) is 1.04. The number of nitrogens with two attached hydrogens (primary N) is 1. The van der Waals surface area contributed by atoms with Gasteiger partial charge in [0.1, 0.15) is 5.82 Å². The van der Waals surface area contributed by atoms with E-state index in [0.29, 0.717) is 5.56 Å². The zero-order valence-electron chi connectivity index (χ0n) is 6.30. The van der Waals surface area contributed by atoms with Crippen molar-refractivity contribution in [2.75, 3.05) is 6.54 Å². The molecule has 0 spiro atoms. The average molecular weight is 190 g/mol. The summed E-state index contributed by atoms with van der Waals surface area (Å²) in [6.07, 6.45) is -0.775. The van der Waals surface area contributed by atoms with E-state index in [4.69, 9.17) is 17.3 Å². The van der Waals surface area contributed by atoms with E-state index in [0.717, 1.165) is 0 Å². The maximum atomic E-state index is 12.6. The minimum atomic E-state index is -0.775. The van der Waals surface area contributed by atoms with Gasteiger partial charge >= 0.3 is 0 Å². The summed E-state index contributed by atoms with van der Waals surface area (Å²) < 4.78 is 12.6. The van der Waals surface area contributed by atoms with Gasteiger partial charge in [0, 0.05) is 6.54 Å². The highest BCUT2D eigenvalue weighted by Crippen LogP contribution is 2.19. The topological polar surface area (TPSA) is 46.2 Å². The van der Waals surface area contributed by atoms with E-state index in [1.165, 1.54) is 18.2 Å². The lowest BCUT2D eigenvalue weighted by Gasteiger charge is -2.07. The molecule has 3 N–H and O–H groups in total. The van der Waals surface area contributed by atoms with Crippen molar-refractivity contribution in [3.05, 3.63) is 34.6 Å². The van der Waals surface area contributed by atoms with Crippen LogP contribution in [0.25, 0.3) is 0 Å². The van der Waals surface area contributed by atoms with Gasteiger partial charge in [-0.3, -0.25) is 0 Å². The molecular formula is C8H9ClFNO. The van der Waals surface area contributed by atoms with Crippen LogP contribution < -0.4 is 5.73 Å². The molecule has 0 aliphatic rings. The Morgan fingerprint density at radius 3 is 2.75 bits per heavy atom. The molecule has 0 aliphatic carbocycles. The lowest BCUT2D eigenvalue weighted by molar-refractivity contribution is 0.186. The Balaban J connectivity index is 2.96. The largest absolute Gasteiger partial charge is 0.387 e. The van der Waals surface area contributed by atoms with Crippen molar-refractivity contribution in [2.24, 2.45) is 5.73 Å². The Hall–Kier alpha value is -0.640. The van der Waals surface area contributed by atoms with Crippen LogP contribution in [0.2, 0.25) is 5.02 Å². The normalized spacial score (nSPS) is 13.0. The van der Waals surface area contributed by atoms with E-state index in [9.17, 15) is 9.50 Å². The molecule has 0 fully saturated rings. The van der Waals surface area contributed by atoms with Crippen LogP contribution in [0.1, 0.15) is 11.7 Å². The van der Waals surface area contributed by atoms with E-state index in [1.54, 1.807) is 0 Å². The molecule has 1 atom stereocenters. The SMILES string of the molecule is NC[C@@H](O)c1ccc(F)c(Cl)c1. The quantitative estimate of drug-likeness (QED) is 0.740. The number of halogens is 2. The van der Waals surface area contributed by atoms with E-state index in [1.807, 2.05) is 0 Å².